The van der Waals surface area contributed by atoms with Crippen molar-refractivity contribution in [1.29, 1.82) is 0 Å². The Morgan fingerprint density at radius 1 is 0.871 bits per heavy atom. The van der Waals surface area contributed by atoms with Crippen LogP contribution in [0.3, 0.4) is 0 Å². The molecule has 6 heteroatoms. The molecule has 0 spiro atoms. The fraction of sp³-hybridized carbons (Fsp3) is 0.240. The summed E-state index contributed by atoms with van der Waals surface area (Å²) in [5, 5.41) is 7.07. The zero-order valence-corrected chi connectivity index (χ0v) is 17.7. The largest absolute Gasteiger partial charge is 0.497 e. The molecule has 0 fully saturated rings. The van der Waals surface area contributed by atoms with Crippen molar-refractivity contribution in [2.45, 2.75) is 18.7 Å². The normalized spacial score (nSPS) is 19.1. The number of hydrazone groups is 1. The van der Waals surface area contributed by atoms with Crippen molar-refractivity contribution in [3.63, 3.8) is 0 Å². The predicted octanol–water partition coefficient (Wildman–Crippen LogP) is 4.95. The smallest absolute Gasteiger partial charge is 0.214 e. The predicted molar refractivity (Wildman–Crippen MR) is 118 cm³/mol. The number of rotatable bonds is 5. The summed E-state index contributed by atoms with van der Waals surface area (Å²) < 4.78 is 22.7. The third-order valence-electron chi connectivity index (χ3n) is 5.79. The van der Waals surface area contributed by atoms with E-state index >= 15 is 0 Å². The van der Waals surface area contributed by atoms with Gasteiger partial charge in [0.2, 0.25) is 6.23 Å². The summed E-state index contributed by atoms with van der Waals surface area (Å²) in [7, 11) is 4.95. The second-order valence-electron chi connectivity index (χ2n) is 7.50. The highest BCUT2D eigenvalue weighted by Crippen LogP contribution is 2.48. The van der Waals surface area contributed by atoms with Crippen LogP contribution in [-0.4, -0.2) is 32.0 Å². The maximum atomic E-state index is 6.42. The van der Waals surface area contributed by atoms with Gasteiger partial charge < -0.3 is 18.9 Å². The van der Waals surface area contributed by atoms with Crippen LogP contribution in [0.5, 0.6) is 23.0 Å². The van der Waals surface area contributed by atoms with Crippen LogP contribution in [0.15, 0.2) is 71.8 Å². The number of benzene rings is 3. The summed E-state index contributed by atoms with van der Waals surface area (Å²) in [6.07, 6.45) is 0.434. The van der Waals surface area contributed by atoms with Gasteiger partial charge in [-0.1, -0.05) is 30.3 Å². The average molecular weight is 416 g/mol. The lowest BCUT2D eigenvalue weighted by Gasteiger charge is -2.38. The van der Waals surface area contributed by atoms with Crippen molar-refractivity contribution in [3.05, 3.63) is 83.4 Å². The summed E-state index contributed by atoms with van der Waals surface area (Å²) in [5.74, 6) is 3.07. The Bertz CT molecular complexity index is 1140. The first kappa shape index (κ1) is 19.3. The lowest BCUT2D eigenvalue weighted by molar-refractivity contribution is -0.0191. The Morgan fingerprint density at radius 2 is 1.71 bits per heavy atom. The van der Waals surface area contributed by atoms with Gasteiger partial charge in [0, 0.05) is 23.1 Å². The summed E-state index contributed by atoms with van der Waals surface area (Å²) in [5.41, 5.74) is 4.13. The minimum atomic E-state index is -0.340. The van der Waals surface area contributed by atoms with Crippen molar-refractivity contribution in [1.82, 2.24) is 5.01 Å². The first-order valence-corrected chi connectivity index (χ1v) is 10.2. The molecule has 0 aromatic heterocycles. The molecule has 158 valence electrons. The summed E-state index contributed by atoms with van der Waals surface area (Å²) in [6, 6.07) is 22.1. The van der Waals surface area contributed by atoms with Gasteiger partial charge in [-0.05, 0) is 36.4 Å². The third kappa shape index (κ3) is 3.34. The number of hydrogen-bond acceptors (Lipinski definition) is 6. The number of methoxy groups -OCH3 is 3. The van der Waals surface area contributed by atoms with Gasteiger partial charge in [0.05, 0.1) is 33.1 Å². The SMILES string of the molecule is COc1cccc(C2Oc3ccccc3C3CC(c4ccc(OC)c(OC)c4)=NN32)c1. The quantitative estimate of drug-likeness (QED) is 0.589. The van der Waals surface area contributed by atoms with Crippen LogP contribution in [0, 0.1) is 0 Å². The van der Waals surface area contributed by atoms with Crippen molar-refractivity contribution < 1.29 is 18.9 Å². The first-order chi connectivity index (χ1) is 15.2. The Kier molecular flexibility index (Phi) is 4.90. The maximum Gasteiger partial charge on any atom is 0.214 e. The van der Waals surface area contributed by atoms with E-state index in [9.17, 15) is 0 Å². The molecule has 2 aliphatic heterocycles. The van der Waals surface area contributed by atoms with E-state index in [0.717, 1.165) is 40.3 Å². The highest BCUT2D eigenvalue weighted by molar-refractivity contribution is 6.02. The third-order valence-corrected chi connectivity index (χ3v) is 5.79. The van der Waals surface area contributed by atoms with E-state index in [4.69, 9.17) is 24.0 Å². The number of para-hydroxylation sites is 1. The fourth-order valence-corrected chi connectivity index (χ4v) is 4.24. The molecule has 3 aromatic rings. The van der Waals surface area contributed by atoms with Gasteiger partial charge in [-0.15, -0.1) is 0 Å². The molecule has 0 saturated heterocycles. The van der Waals surface area contributed by atoms with Crippen LogP contribution in [0.2, 0.25) is 0 Å². The second kappa shape index (κ2) is 7.87. The molecule has 2 heterocycles. The summed E-state index contributed by atoms with van der Waals surface area (Å²) >= 11 is 0. The van der Waals surface area contributed by atoms with E-state index in [1.165, 1.54) is 0 Å². The molecule has 3 aromatic carbocycles. The van der Waals surface area contributed by atoms with Gasteiger partial charge in [0.1, 0.15) is 11.5 Å². The van der Waals surface area contributed by atoms with E-state index in [-0.39, 0.29) is 12.3 Å². The van der Waals surface area contributed by atoms with Gasteiger partial charge in [-0.3, -0.25) is 0 Å². The lowest BCUT2D eigenvalue weighted by Crippen LogP contribution is -2.33. The van der Waals surface area contributed by atoms with Gasteiger partial charge in [-0.2, -0.15) is 5.10 Å². The highest BCUT2D eigenvalue weighted by Gasteiger charge is 2.41. The van der Waals surface area contributed by atoms with Gasteiger partial charge >= 0.3 is 0 Å². The Hall–Kier alpha value is -3.67. The molecule has 5 rings (SSSR count). The Morgan fingerprint density at radius 3 is 2.52 bits per heavy atom. The van der Waals surface area contributed by atoms with E-state index in [1.54, 1.807) is 21.3 Å². The van der Waals surface area contributed by atoms with Crippen LogP contribution in [0.25, 0.3) is 0 Å². The molecule has 0 aliphatic carbocycles. The summed E-state index contributed by atoms with van der Waals surface area (Å²) in [4.78, 5) is 0. The van der Waals surface area contributed by atoms with Crippen LogP contribution < -0.4 is 18.9 Å². The molecule has 2 aliphatic rings. The first-order valence-electron chi connectivity index (χ1n) is 10.2. The molecule has 31 heavy (non-hydrogen) atoms. The molecule has 2 unspecified atom stereocenters. The van der Waals surface area contributed by atoms with Crippen LogP contribution in [-0.2, 0) is 0 Å². The molecule has 0 saturated carbocycles. The van der Waals surface area contributed by atoms with E-state index in [0.29, 0.717) is 11.5 Å². The average Bonchev–Trinajstić information content (AvgIpc) is 3.29. The molecule has 0 radical (unpaired) electrons. The number of fused-ring (bicyclic) bond motifs is 3. The van der Waals surface area contributed by atoms with E-state index < -0.39 is 0 Å². The molecule has 0 N–H and O–H groups in total. The molecular weight excluding hydrogens is 392 g/mol. The Labute approximate surface area is 181 Å². The molecular formula is C25H24N2O4. The van der Waals surface area contributed by atoms with Crippen LogP contribution in [0.4, 0.5) is 0 Å². The number of hydrogen-bond donors (Lipinski definition) is 0. The monoisotopic (exact) mass is 416 g/mol. The van der Waals surface area contributed by atoms with E-state index in [1.807, 2.05) is 60.7 Å². The van der Waals surface area contributed by atoms with Gasteiger partial charge in [0.25, 0.3) is 0 Å². The van der Waals surface area contributed by atoms with Gasteiger partial charge in [0.15, 0.2) is 11.5 Å². The zero-order valence-electron chi connectivity index (χ0n) is 17.7. The fourth-order valence-electron chi connectivity index (χ4n) is 4.24. The maximum absolute atomic E-state index is 6.42. The standard InChI is InChI=1S/C25H24N2O4/c1-28-18-8-6-7-17(13-18)25-27-21(19-9-4-5-10-22(19)31-25)15-20(26-27)16-11-12-23(29-2)24(14-16)30-3/h4-14,21,25H,15H2,1-3H3. The topological polar surface area (TPSA) is 52.5 Å². The lowest BCUT2D eigenvalue weighted by atomic mass is 9.95. The molecule has 0 bridgehead atoms. The molecule has 2 atom stereocenters. The number of ether oxygens (including phenoxy) is 4. The zero-order chi connectivity index (χ0) is 21.4. The number of nitrogens with zero attached hydrogens (tertiary/aromatic N) is 2. The molecule has 0 amide bonds. The second-order valence-corrected chi connectivity index (χ2v) is 7.50. The molecule has 6 nitrogen and oxygen atoms in total. The summed E-state index contributed by atoms with van der Waals surface area (Å²) in [6.45, 7) is 0. The van der Waals surface area contributed by atoms with Crippen molar-refractivity contribution in [2.24, 2.45) is 5.10 Å². The van der Waals surface area contributed by atoms with Crippen molar-refractivity contribution in [2.75, 3.05) is 21.3 Å². The Balaban J connectivity index is 1.57. The van der Waals surface area contributed by atoms with Crippen molar-refractivity contribution >= 4 is 5.71 Å². The minimum absolute atomic E-state index is 0.0873. The van der Waals surface area contributed by atoms with Crippen LogP contribution in [0.1, 0.15) is 35.4 Å². The highest BCUT2D eigenvalue weighted by atomic mass is 16.5. The van der Waals surface area contributed by atoms with Crippen LogP contribution >= 0.6 is 0 Å². The van der Waals surface area contributed by atoms with Crippen molar-refractivity contribution in [3.8, 4) is 23.0 Å². The van der Waals surface area contributed by atoms with Gasteiger partial charge in [-0.25, -0.2) is 5.01 Å². The minimum Gasteiger partial charge on any atom is -0.497 e. The van der Waals surface area contributed by atoms with E-state index in [2.05, 4.69) is 11.1 Å².